The molecule has 1 N–H and O–H groups in total. The van der Waals surface area contributed by atoms with Gasteiger partial charge in [-0.3, -0.25) is 0 Å². The van der Waals surface area contributed by atoms with Gasteiger partial charge in [-0.1, -0.05) is 12.1 Å². The average molecular weight is 344 g/mol. The van der Waals surface area contributed by atoms with Crippen LogP contribution in [-0.4, -0.2) is 5.11 Å². The van der Waals surface area contributed by atoms with Gasteiger partial charge >= 0.3 is 0 Å². The molecule has 0 saturated heterocycles. The Bertz CT molecular complexity index is 504. The molecular formula is C13H13IOS. The van der Waals surface area contributed by atoms with Crippen molar-refractivity contribution >= 4 is 33.9 Å². The fraction of sp³-hybridized carbons (Fsp3) is 0.231. The highest BCUT2D eigenvalue weighted by molar-refractivity contribution is 14.1. The number of benzene rings is 1. The largest absolute Gasteiger partial charge is 0.384 e. The van der Waals surface area contributed by atoms with Gasteiger partial charge in [0, 0.05) is 13.3 Å². The number of aryl methyl sites for hydroxylation is 2. The van der Waals surface area contributed by atoms with Crippen LogP contribution < -0.4 is 0 Å². The third-order valence-electron chi connectivity index (χ3n) is 2.54. The Morgan fingerprint density at radius 3 is 2.56 bits per heavy atom. The number of thiophene rings is 1. The van der Waals surface area contributed by atoms with Crippen molar-refractivity contribution in [1.82, 2.24) is 0 Å². The van der Waals surface area contributed by atoms with E-state index in [0.29, 0.717) is 0 Å². The molecule has 0 bridgehead atoms. The van der Waals surface area contributed by atoms with Crippen LogP contribution in [0.1, 0.15) is 27.0 Å². The summed E-state index contributed by atoms with van der Waals surface area (Å²) in [6.07, 6.45) is -0.500. The minimum atomic E-state index is -0.500. The van der Waals surface area contributed by atoms with Crippen molar-refractivity contribution in [2.75, 3.05) is 0 Å². The predicted molar refractivity (Wildman–Crippen MR) is 77.0 cm³/mol. The molecule has 1 nitrogen and oxygen atoms in total. The van der Waals surface area contributed by atoms with Gasteiger partial charge in [0.2, 0.25) is 0 Å². The number of hydrogen-bond donors (Lipinski definition) is 1. The van der Waals surface area contributed by atoms with Crippen LogP contribution >= 0.6 is 33.9 Å². The van der Waals surface area contributed by atoms with Crippen LogP contribution in [0.2, 0.25) is 0 Å². The Kier molecular flexibility index (Phi) is 3.66. The molecule has 1 aromatic carbocycles. The topological polar surface area (TPSA) is 20.2 Å². The van der Waals surface area contributed by atoms with E-state index in [-0.39, 0.29) is 0 Å². The quantitative estimate of drug-likeness (QED) is 0.815. The molecule has 0 radical (unpaired) electrons. The third-order valence-corrected chi connectivity index (χ3v) is 4.19. The summed E-state index contributed by atoms with van der Waals surface area (Å²) in [7, 11) is 0. The summed E-state index contributed by atoms with van der Waals surface area (Å²) < 4.78 is 1.15. The molecule has 0 fully saturated rings. The van der Waals surface area contributed by atoms with Crippen LogP contribution in [0.15, 0.2) is 30.3 Å². The molecule has 1 aromatic heterocycles. The molecule has 0 amide bonds. The van der Waals surface area contributed by atoms with Crippen molar-refractivity contribution < 1.29 is 5.11 Å². The van der Waals surface area contributed by atoms with Gasteiger partial charge in [-0.25, -0.2) is 0 Å². The van der Waals surface area contributed by atoms with Crippen LogP contribution in [0.5, 0.6) is 0 Å². The molecule has 2 aromatic rings. The summed E-state index contributed by atoms with van der Waals surface area (Å²) in [5.74, 6) is 0. The fourth-order valence-electron chi connectivity index (χ4n) is 1.78. The van der Waals surface area contributed by atoms with E-state index in [1.165, 1.54) is 9.75 Å². The second-order valence-corrected chi connectivity index (χ2v) is 6.53. The summed E-state index contributed by atoms with van der Waals surface area (Å²) in [5, 5.41) is 10.3. The first-order valence-electron chi connectivity index (χ1n) is 5.08. The van der Waals surface area contributed by atoms with Gasteiger partial charge in [-0.15, -0.1) is 11.3 Å². The van der Waals surface area contributed by atoms with E-state index in [9.17, 15) is 5.11 Å². The van der Waals surface area contributed by atoms with Crippen LogP contribution in [0, 0.1) is 17.4 Å². The molecule has 0 aliphatic carbocycles. The summed E-state index contributed by atoms with van der Waals surface area (Å²) in [5.41, 5.74) is 2.00. The summed E-state index contributed by atoms with van der Waals surface area (Å²) in [6, 6.07) is 10.1. The van der Waals surface area contributed by atoms with E-state index in [2.05, 4.69) is 42.5 Å². The second-order valence-electron chi connectivity index (χ2n) is 3.83. The standard InChI is InChI=1S/C13H13IOS/c1-8-6-12(9(2)16-8)13(15)10-4-3-5-11(14)7-10/h3-7,13,15H,1-2H3. The lowest BCUT2D eigenvalue weighted by atomic mass is 10.0. The van der Waals surface area contributed by atoms with E-state index in [0.717, 1.165) is 14.7 Å². The third kappa shape index (κ3) is 2.47. The van der Waals surface area contributed by atoms with Crippen molar-refractivity contribution in [3.8, 4) is 0 Å². The minimum Gasteiger partial charge on any atom is -0.384 e. The Morgan fingerprint density at radius 1 is 1.25 bits per heavy atom. The average Bonchev–Trinajstić information content (AvgIpc) is 2.57. The number of aliphatic hydroxyl groups is 1. The SMILES string of the molecule is Cc1cc(C(O)c2cccc(I)c2)c(C)s1. The van der Waals surface area contributed by atoms with Crippen LogP contribution in [0.4, 0.5) is 0 Å². The zero-order valence-corrected chi connectivity index (χ0v) is 12.2. The normalized spacial score (nSPS) is 12.8. The first-order chi connectivity index (χ1) is 7.58. The zero-order chi connectivity index (χ0) is 11.7. The van der Waals surface area contributed by atoms with E-state index >= 15 is 0 Å². The van der Waals surface area contributed by atoms with Gasteiger partial charge < -0.3 is 5.11 Å². The lowest BCUT2D eigenvalue weighted by molar-refractivity contribution is 0.220. The molecule has 16 heavy (non-hydrogen) atoms. The van der Waals surface area contributed by atoms with Gasteiger partial charge in [0.15, 0.2) is 0 Å². The minimum absolute atomic E-state index is 0.500. The Labute approximate surface area is 113 Å². The smallest absolute Gasteiger partial charge is 0.105 e. The second kappa shape index (κ2) is 4.85. The van der Waals surface area contributed by atoms with Crippen molar-refractivity contribution in [3.63, 3.8) is 0 Å². The van der Waals surface area contributed by atoms with Crippen molar-refractivity contribution in [2.24, 2.45) is 0 Å². The van der Waals surface area contributed by atoms with Crippen molar-refractivity contribution in [3.05, 3.63) is 54.8 Å². The maximum absolute atomic E-state index is 10.3. The van der Waals surface area contributed by atoms with E-state index in [1.54, 1.807) is 11.3 Å². The molecule has 0 saturated carbocycles. The van der Waals surface area contributed by atoms with Gasteiger partial charge in [0.05, 0.1) is 0 Å². The Hall–Kier alpha value is -0.390. The maximum Gasteiger partial charge on any atom is 0.105 e. The monoisotopic (exact) mass is 344 g/mol. The van der Waals surface area contributed by atoms with Crippen LogP contribution in [-0.2, 0) is 0 Å². The number of rotatable bonds is 2. The van der Waals surface area contributed by atoms with Crippen molar-refractivity contribution in [1.29, 1.82) is 0 Å². The van der Waals surface area contributed by atoms with E-state index in [1.807, 2.05) is 24.3 Å². The Morgan fingerprint density at radius 2 is 2.00 bits per heavy atom. The number of aliphatic hydroxyl groups excluding tert-OH is 1. The van der Waals surface area contributed by atoms with Gasteiger partial charge in [-0.05, 0) is 65.8 Å². The summed E-state index contributed by atoms with van der Waals surface area (Å²) >= 11 is 4.00. The van der Waals surface area contributed by atoms with Gasteiger partial charge in [0.25, 0.3) is 0 Å². The van der Waals surface area contributed by atoms with Crippen molar-refractivity contribution in [2.45, 2.75) is 20.0 Å². The Balaban J connectivity index is 2.38. The maximum atomic E-state index is 10.3. The number of halogens is 1. The fourth-order valence-corrected chi connectivity index (χ4v) is 3.30. The molecule has 1 unspecified atom stereocenters. The molecule has 0 aliphatic rings. The van der Waals surface area contributed by atoms with E-state index < -0.39 is 6.10 Å². The predicted octanol–water partition coefficient (Wildman–Crippen LogP) is 4.05. The molecule has 3 heteroatoms. The summed E-state index contributed by atoms with van der Waals surface area (Å²) in [4.78, 5) is 2.45. The lowest BCUT2D eigenvalue weighted by Crippen LogP contribution is -1.99. The van der Waals surface area contributed by atoms with E-state index in [4.69, 9.17) is 0 Å². The van der Waals surface area contributed by atoms with Gasteiger partial charge in [0.1, 0.15) is 6.10 Å². The first-order valence-corrected chi connectivity index (χ1v) is 6.98. The first kappa shape index (κ1) is 12.1. The molecule has 0 spiro atoms. The lowest BCUT2D eigenvalue weighted by Gasteiger charge is -2.11. The van der Waals surface area contributed by atoms with Gasteiger partial charge in [-0.2, -0.15) is 0 Å². The molecule has 1 heterocycles. The zero-order valence-electron chi connectivity index (χ0n) is 9.20. The molecular weight excluding hydrogens is 331 g/mol. The molecule has 1 atom stereocenters. The van der Waals surface area contributed by atoms with Crippen LogP contribution in [0.25, 0.3) is 0 Å². The molecule has 2 rings (SSSR count). The molecule has 84 valence electrons. The highest BCUT2D eigenvalue weighted by Crippen LogP contribution is 2.30. The summed E-state index contributed by atoms with van der Waals surface area (Å²) in [6.45, 7) is 4.13. The van der Waals surface area contributed by atoms with Crippen LogP contribution in [0.3, 0.4) is 0 Å². The highest BCUT2D eigenvalue weighted by Gasteiger charge is 2.15. The molecule has 0 aliphatic heterocycles. The number of hydrogen-bond acceptors (Lipinski definition) is 2. The highest BCUT2D eigenvalue weighted by atomic mass is 127.